The average Bonchev–Trinajstić information content (AvgIpc) is 2.49. The van der Waals surface area contributed by atoms with Gasteiger partial charge in [0.15, 0.2) is 0 Å². The van der Waals surface area contributed by atoms with E-state index in [1.54, 1.807) is 18.9 Å². The van der Waals surface area contributed by atoms with E-state index < -0.39 is 0 Å². The monoisotopic (exact) mass is 301 g/mol. The topological polar surface area (TPSA) is 21.3 Å². The lowest BCUT2D eigenvalue weighted by Gasteiger charge is -2.12. The normalized spacial score (nSPS) is 10.9. The maximum atomic E-state index is 5.29. The van der Waals surface area contributed by atoms with Crippen molar-refractivity contribution in [3.63, 3.8) is 0 Å². The molecule has 0 unspecified atom stereocenters. The molecular weight excluding hydrogens is 278 g/mol. The Morgan fingerprint density at radius 1 is 1.10 bits per heavy atom. The fourth-order valence-corrected chi connectivity index (χ4v) is 3.03. The summed E-state index contributed by atoms with van der Waals surface area (Å²) in [5.74, 6) is 1.57. The predicted octanol–water partition coefficient (Wildman–Crippen LogP) is 4.59. The Bertz CT molecular complexity index is 569. The fourth-order valence-electron chi connectivity index (χ4n) is 2.04. The molecule has 0 heterocycles. The highest BCUT2D eigenvalue weighted by Gasteiger charge is 2.05. The molecule has 0 bridgehead atoms. The van der Waals surface area contributed by atoms with E-state index in [2.05, 4.69) is 55.6 Å². The maximum Gasteiger partial charge on any atom is 0.119 e. The fraction of sp³-hybridized carbons (Fsp3) is 0.333. The number of nitrogens with one attached hydrogen (secondary N) is 1. The minimum atomic E-state index is 0.670. The second-order valence-corrected chi connectivity index (χ2v) is 6.53. The number of hydrogen-bond donors (Lipinski definition) is 1. The highest BCUT2D eigenvalue weighted by Crippen LogP contribution is 2.32. The summed E-state index contributed by atoms with van der Waals surface area (Å²) in [5, 5.41) is 3.51. The van der Waals surface area contributed by atoms with Crippen molar-refractivity contribution in [2.75, 3.05) is 13.7 Å². The van der Waals surface area contributed by atoms with Gasteiger partial charge in [-0.15, -0.1) is 0 Å². The largest absolute Gasteiger partial charge is 0.497 e. The van der Waals surface area contributed by atoms with Crippen LogP contribution in [0.15, 0.2) is 58.3 Å². The lowest BCUT2D eigenvalue weighted by atomic mass is 10.2. The van der Waals surface area contributed by atoms with Crippen LogP contribution < -0.4 is 10.1 Å². The standard InChI is InChI=1S/C18H23NOS/c1-14(2)12-19-13-15-7-4-5-10-18(15)21-17-9-6-8-16(11-17)20-3/h4-11,14,19H,12-13H2,1-3H3. The SMILES string of the molecule is COc1cccc(Sc2ccccc2CNCC(C)C)c1. The van der Waals surface area contributed by atoms with E-state index in [-0.39, 0.29) is 0 Å². The van der Waals surface area contributed by atoms with E-state index >= 15 is 0 Å². The van der Waals surface area contributed by atoms with Crippen molar-refractivity contribution in [1.29, 1.82) is 0 Å². The first-order valence-electron chi connectivity index (χ1n) is 7.29. The van der Waals surface area contributed by atoms with Crippen LogP contribution in [-0.2, 0) is 6.54 Å². The van der Waals surface area contributed by atoms with Crippen molar-refractivity contribution in [3.05, 3.63) is 54.1 Å². The van der Waals surface area contributed by atoms with Gasteiger partial charge >= 0.3 is 0 Å². The Kier molecular flexibility index (Phi) is 6.15. The lowest BCUT2D eigenvalue weighted by molar-refractivity contribution is 0.413. The van der Waals surface area contributed by atoms with Crippen molar-refractivity contribution >= 4 is 11.8 Å². The van der Waals surface area contributed by atoms with Gasteiger partial charge in [0.05, 0.1) is 7.11 Å². The van der Waals surface area contributed by atoms with Gasteiger partial charge in [-0.3, -0.25) is 0 Å². The van der Waals surface area contributed by atoms with Crippen LogP contribution in [0.4, 0.5) is 0 Å². The van der Waals surface area contributed by atoms with Crippen molar-refractivity contribution in [3.8, 4) is 5.75 Å². The zero-order valence-electron chi connectivity index (χ0n) is 12.9. The zero-order chi connectivity index (χ0) is 15.1. The summed E-state index contributed by atoms with van der Waals surface area (Å²) in [5.41, 5.74) is 1.34. The van der Waals surface area contributed by atoms with Crippen LogP contribution in [0.5, 0.6) is 5.75 Å². The molecule has 0 aliphatic rings. The molecule has 0 saturated carbocycles. The second-order valence-electron chi connectivity index (χ2n) is 5.41. The Labute approximate surface area is 131 Å². The molecule has 3 heteroatoms. The van der Waals surface area contributed by atoms with Gasteiger partial charge in [0.2, 0.25) is 0 Å². The van der Waals surface area contributed by atoms with Gasteiger partial charge in [0.1, 0.15) is 5.75 Å². The van der Waals surface area contributed by atoms with Crippen molar-refractivity contribution in [1.82, 2.24) is 5.32 Å². The van der Waals surface area contributed by atoms with Crippen LogP contribution in [0.3, 0.4) is 0 Å². The minimum Gasteiger partial charge on any atom is -0.497 e. The van der Waals surface area contributed by atoms with Gasteiger partial charge in [-0.1, -0.05) is 49.9 Å². The molecule has 21 heavy (non-hydrogen) atoms. The van der Waals surface area contributed by atoms with Crippen LogP contribution >= 0.6 is 11.8 Å². The van der Waals surface area contributed by atoms with E-state index in [0.29, 0.717) is 5.92 Å². The van der Waals surface area contributed by atoms with E-state index in [1.807, 2.05) is 12.1 Å². The molecule has 0 amide bonds. The van der Waals surface area contributed by atoms with E-state index in [4.69, 9.17) is 4.74 Å². The molecule has 0 atom stereocenters. The molecule has 1 N–H and O–H groups in total. The Morgan fingerprint density at radius 3 is 2.67 bits per heavy atom. The smallest absolute Gasteiger partial charge is 0.119 e. The van der Waals surface area contributed by atoms with Gasteiger partial charge in [-0.25, -0.2) is 0 Å². The molecule has 2 nitrogen and oxygen atoms in total. The molecule has 0 spiro atoms. The number of rotatable bonds is 7. The third-order valence-electron chi connectivity index (χ3n) is 3.11. The summed E-state index contributed by atoms with van der Waals surface area (Å²) >= 11 is 1.78. The molecule has 2 rings (SSSR count). The molecule has 2 aromatic rings. The predicted molar refractivity (Wildman–Crippen MR) is 90.1 cm³/mol. The summed E-state index contributed by atoms with van der Waals surface area (Å²) in [6.07, 6.45) is 0. The first-order valence-corrected chi connectivity index (χ1v) is 8.11. The van der Waals surface area contributed by atoms with Crippen LogP contribution in [-0.4, -0.2) is 13.7 Å². The van der Waals surface area contributed by atoms with Crippen molar-refractivity contribution in [2.24, 2.45) is 5.92 Å². The first-order chi connectivity index (χ1) is 10.2. The molecule has 0 saturated heterocycles. The van der Waals surface area contributed by atoms with Gasteiger partial charge in [0.25, 0.3) is 0 Å². The summed E-state index contributed by atoms with van der Waals surface area (Å²) in [7, 11) is 1.70. The number of ether oxygens (including phenoxy) is 1. The van der Waals surface area contributed by atoms with E-state index in [9.17, 15) is 0 Å². The summed E-state index contributed by atoms with van der Waals surface area (Å²) in [6.45, 7) is 6.40. The first kappa shape index (κ1) is 15.9. The third kappa shape index (κ3) is 5.10. The third-order valence-corrected chi connectivity index (χ3v) is 4.22. The van der Waals surface area contributed by atoms with Gasteiger partial charge in [-0.2, -0.15) is 0 Å². The van der Waals surface area contributed by atoms with Gasteiger partial charge in [0, 0.05) is 16.3 Å². The molecule has 0 aliphatic carbocycles. The van der Waals surface area contributed by atoms with Crippen LogP contribution in [0.25, 0.3) is 0 Å². The van der Waals surface area contributed by atoms with Crippen molar-refractivity contribution < 1.29 is 4.74 Å². The summed E-state index contributed by atoms with van der Waals surface area (Å²) in [6, 6.07) is 16.7. The number of methoxy groups -OCH3 is 1. The molecule has 0 aliphatic heterocycles. The van der Waals surface area contributed by atoms with Crippen LogP contribution in [0.2, 0.25) is 0 Å². The van der Waals surface area contributed by atoms with E-state index in [1.165, 1.54) is 15.4 Å². The highest BCUT2D eigenvalue weighted by atomic mass is 32.2. The molecule has 0 radical (unpaired) electrons. The minimum absolute atomic E-state index is 0.670. The average molecular weight is 301 g/mol. The molecule has 112 valence electrons. The van der Waals surface area contributed by atoms with Gasteiger partial charge < -0.3 is 10.1 Å². The Balaban J connectivity index is 2.08. The Hall–Kier alpha value is -1.45. The quantitative estimate of drug-likeness (QED) is 0.808. The second kappa shape index (κ2) is 8.11. The molecule has 0 fully saturated rings. The molecule has 0 aromatic heterocycles. The van der Waals surface area contributed by atoms with Crippen molar-refractivity contribution in [2.45, 2.75) is 30.2 Å². The van der Waals surface area contributed by atoms with Gasteiger partial charge in [-0.05, 0) is 42.3 Å². The Morgan fingerprint density at radius 2 is 1.90 bits per heavy atom. The summed E-state index contributed by atoms with van der Waals surface area (Å²) < 4.78 is 5.29. The zero-order valence-corrected chi connectivity index (χ0v) is 13.7. The lowest BCUT2D eigenvalue weighted by Crippen LogP contribution is -2.19. The molecule has 2 aromatic carbocycles. The molecular formula is C18H23NOS. The number of hydrogen-bond acceptors (Lipinski definition) is 3. The van der Waals surface area contributed by atoms with E-state index in [0.717, 1.165) is 18.8 Å². The maximum absolute atomic E-state index is 5.29. The highest BCUT2D eigenvalue weighted by molar-refractivity contribution is 7.99. The number of benzene rings is 2. The van der Waals surface area contributed by atoms with Crippen LogP contribution in [0.1, 0.15) is 19.4 Å². The summed E-state index contributed by atoms with van der Waals surface area (Å²) in [4.78, 5) is 2.49. The van der Waals surface area contributed by atoms with Crippen LogP contribution in [0, 0.1) is 5.92 Å².